The minimum absolute atomic E-state index is 0.118. The van der Waals surface area contributed by atoms with Crippen LogP contribution in [0.5, 0.6) is 0 Å². The first kappa shape index (κ1) is 21.8. The molecule has 2 atom stereocenters. The van der Waals surface area contributed by atoms with Crippen LogP contribution in [0.15, 0.2) is 24.3 Å². The van der Waals surface area contributed by atoms with E-state index >= 15 is 0 Å². The molecule has 1 N–H and O–H groups in total. The van der Waals surface area contributed by atoms with Gasteiger partial charge in [0.1, 0.15) is 5.82 Å². The van der Waals surface area contributed by atoms with Crippen LogP contribution in [0.3, 0.4) is 0 Å². The largest absolute Gasteiger partial charge is 0.354 e. The predicted molar refractivity (Wildman–Crippen MR) is 112 cm³/mol. The number of amides is 2. The molecule has 0 unspecified atom stereocenters. The predicted octanol–water partition coefficient (Wildman–Crippen LogP) is 3.30. The summed E-state index contributed by atoms with van der Waals surface area (Å²) in [6.45, 7) is 7.35. The first-order valence-electron chi connectivity index (χ1n) is 11.1. The van der Waals surface area contributed by atoms with Gasteiger partial charge >= 0.3 is 0 Å². The molecule has 1 aromatic carbocycles. The SMILES string of the molecule is CC[C@H](C)CNC(=O)[C@@H](C1CCCC1)N1CCN(C(=O)c2ccccc2F)CC1. The van der Waals surface area contributed by atoms with E-state index in [-0.39, 0.29) is 23.4 Å². The summed E-state index contributed by atoms with van der Waals surface area (Å²) in [5.41, 5.74) is 0.125. The van der Waals surface area contributed by atoms with E-state index < -0.39 is 5.82 Å². The van der Waals surface area contributed by atoms with Crippen molar-refractivity contribution in [1.29, 1.82) is 0 Å². The Morgan fingerprint density at radius 1 is 1.14 bits per heavy atom. The maximum absolute atomic E-state index is 14.0. The fraction of sp³-hybridized carbons (Fsp3) is 0.652. The zero-order valence-electron chi connectivity index (χ0n) is 17.7. The molecule has 1 aliphatic carbocycles. The molecule has 0 aromatic heterocycles. The van der Waals surface area contributed by atoms with Crippen molar-refractivity contribution in [1.82, 2.24) is 15.1 Å². The molecule has 2 amide bonds. The van der Waals surface area contributed by atoms with E-state index in [9.17, 15) is 14.0 Å². The second kappa shape index (κ2) is 10.2. The van der Waals surface area contributed by atoms with Crippen LogP contribution in [-0.4, -0.2) is 60.4 Å². The molecule has 0 bridgehead atoms. The topological polar surface area (TPSA) is 52.7 Å². The third-order valence-electron chi connectivity index (χ3n) is 6.54. The molecule has 1 saturated carbocycles. The summed E-state index contributed by atoms with van der Waals surface area (Å²) in [4.78, 5) is 29.7. The van der Waals surface area contributed by atoms with Crippen LogP contribution in [0.2, 0.25) is 0 Å². The molecule has 6 heteroatoms. The van der Waals surface area contributed by atoms with Crippen molar-refractivity contribution >= 4 is 11.8 Å². The Labute approximate surface area is 173 Å². The summed E-state index contributed by atoms with van der Waals surface area (Å²) in [5, 5.41) is 3.16. The van der Waals surface area contributed by atoms with Crippen LogP contribution in [-0.2, 0) is 4.79 Å². The molecule has 0 radical (unpaired) electrons. The van der Waals surface area contributed by atoms with Crippen molar-refractivity contribution in [3.63, 3.8) is 0 Å². The highest BCUT2D eigenvalue weighted by atomic mass is 19.1. The van der Waals surface area contributed by atoms with Gasteiger partial charge in [0, 0.05) is 32.7 Å². The van der Waals surface area contributed by atoms with Gasteiger partial charge in [-0.15, -0.1) is 0 Å². The Balaban J connectivity index is 1.62. The summed E-state index contributed by atoms with van der Waals surface area (Å²) in [7, 11) is 0. The summed E-state index contributed by atoms with van der Waals surface area (Å²) in [5.74, 6) is 0.250. The van der Waals surface area contributed by atoms with Gasteiger partial charge in [0.15, 0.2) is 0 Å². The number of rotatable bonds is 7. The first-order valence-corrected chi connectivity index (χ1v) is 11.1. The second-order valence-corrected chi connectivity index (χ2v) is 8.56. The minimum Gasteiger partial charge on any atom is -0.354 e. The molecule has 1 heterocycles. The maximum atomic E-state index is 14.0. The molecule has 1 aliphatic heterocycles. The molecular formula is C23H34FN3O2. The van der Waals surface area contributed by atoms with Gasteiger partial charge in [-0.25, -0.2) is 4.39 Å². The molecule has 3 rings (SSSR count). The van der Waals surface area contributed by atoms with Gasteiger partial charge in [-0.2, -0.15) is 0 Å². The molecule has 0 spiro atoms. The molecule has 1 saturated heterocycles. The number of nitrogens with one attached hydrogen (secondary N) is 1. The number of halogens is 1. The highest BCUT2D eigenvalue weighted by Crippen LogP contribution is 2.31. The van der Waals surface area contributed by atoms with Crippen LogP contribution in [0, 0.1) is 17.7 Å². The molecule has 5 nitrogen and oxygen atoms in total. The standard InChI is InChI=1S/C23H34FN3O2/c1-3-17(2)16-25-22(28)21(18-8-4-5-9-18)26-12-14-27(15-13-26)23(29)19-10-6-7-11-20(19)24/h6-7,10-11,17-18,21H,3-5,8-9,12-16H2,1-2H3,(H,25,28)/t17-,21+/m0/s1. The number of carbonyl (C=O) groups excluding carboxylic acids is 2. The average Bonchev–Trinajstić information content (AvgIpc) is 3.27. The van der Waals surface area contributed by atoms with Gasteiger partial charge in [0.05, 0.1) is 11.6 Å². The van der Waals surface area contributed by atoms with Crippen LogP contribution < -0.4 is 5.32 Å². The Hall–Kier alpha value is -1.95. The van der Waals surface area contributed by atoms with Crippen LogP contribution in [0.1, 0.15) is 56.3 Å². The third-order valence-corrected chi connectivity index (χ3v) is 6.54. The zero-order chi connectivity index (χ0) is 20.8. The Bertz CT molecular complexity index is 697. The maximum Gasteiger partial charge on any atom is 0.256 e. The fourth-order valence-electron chi connectivity index (χ4n) is 4.48. The minimum atomic E-state index is -0.479. The van der Waals surface area contributed by atoms with E-state index in [1.165, 1.54) is 25.0 Å². The van der Waals surface area contributed by atoms with Crippen LogP contribution in [0.4, 0.5) is 4.39 Å². The van der Waals surface area contributed by atoms with Crippen molar-refractivity contribution in [3.8, 4) is 0 Å². The molecule has 29 heavy (non-hydrogen) atoms. The number of nitrogens with zero attached hydrogens (tertiary/aromatic N) is 2. The molecular weight excluding hydrogens is 369 g/mol. The third kappa shape index (κ3) is 5.35. The van der Waals surface area contributed by atoms with Gasteiger partial charge in [0.2, 0.25) is 5.91 Å². The van der Waals surface area contributed by atoms with Crippen molar-refractivity contribution < 1.29 is 14.0 Å². The van der Waals surface area contributed by atoms with Gasteiger partial charge in [-0.3, -0.25) is 14.5 Å². The Kier molecular flexibility index (Phi) is 7.64. The summed E-state index contributed by atoms with van der Waals surface area (Å²) >= 11 is 0. The molecule has 2 aliphatic rings. The van der Waals surface area contributed by atoms with Gasteiger partial charge in [0.25, 0.3) is 5.91 Å². The number of benzene rings is 1. The van der Waals surface area contributed by atoms with Gasteiger partial charge in [-0.05, 0) is 36.8 Å². The van der Waals surface area contributed by atoms with E-state index in [4.69, 9.17) is 0 Å². The molecule has 160 valence electrons. The van der Waals surface area contributed by atoms with Crippen molar-refractivity contribution in [2.75, 3.05) is 32.7 Å². The smallest absolute Gasteiger partial charge is 0.256 e. The second-order valence-electron chi connectivity index (χ2n) is 8.56. The molecule has 1 aromatic rings. The van der Waals surface area contributed by atoms with Crippen LogP contribution in [0.25, 0.3) is 0 Å². The Morgan fingerprint density at radius 2 is 1.79 bits per heavy atom. The lowest BCUT2D eigenvalue weighted by molar-refractivity contribution is -0.129. The van der Waals surface area contributed by atoms with Crippen LogP contribution >= 0.6 is 0 Å². The zero-order valence-corrected chi connectivity index (χ0v) is 17.7. The number of carbonyl (C=O) groups is 2. The number of piperazine rings is 1. The number of hydrogen-bond acceptors (Lipinski definition) is 3. The normalized spacial score (nSPS) is 20.4. The van der Waals surface area contributed by atoms with Gasteiger partial charge in [-0.1, -0.05) is 45.2 Å². The Morgan fingerprint density at radius 3 is 2.41 bits per heavy atom. The summed E-state index contributed by atoms with van der Waals surface area (Å²) < 4.78 is 14.0. The highest BCUT2D eigenvalue weighted by Gasteiger charge is 2.37. The summed E-state index contributed by atoms with van der Waals surface area (Å²) in [6.07, 6.45) is 5.61. The average molecular weight is 404 g/mol. The lowest BCUT2D eigenvalue weighted by Gasteiger charge is -2.41. The lowest BCUT2D eigenvalue weighted by atomic mass is 9.94. The number of hydrogen-bond donors (Lipinski definition) is 1. The van der Waals surface area contributed by atoms with E-state index in [1.807, 2.05) is 0 Å². The van der Waals surface area contributed by atoms with Crippen molar-refractivity contribution in [2.24, 2.45) is 11.8 Å². The lowest BCUT2D eigenvalue weighted by Crippen LogP contribution is -2.58. The van der Waals surface area contributed by atoms with Crippen molar-refractivity contribution in [2.45, 2.75) is 52.0 Å². The summed E-state index contributed by atoms with van der Waals surface area (Å²) in [6, 6.07) is 6.01. The highest BCUT2D eigenvalue weighted by molar-refractivity contribution is 5.94. The quantitative estimate of drug-likeness (QED) is 0.760. The van der Waals surface area contributed by atoms with Gasteiger partial charge < -0.3 is 10.2 Å². The van der Waals surface area contributed by atoms with E-state index in [0.717, 1.165) is 19.3 Å². The van der Waals surface area contributed by atoms with E-state index in [0.29, 0.717) is 44.6 Å². The van der Waals surface area contributed by atoms with Crippen molar-refractivity contribution in [3.05, 3.63) is 35.6 Å². The monoisotopic (exact) mass is 403 g/mol. The van der Waals surface area contributed by atoms with E-state index in [2.05, 4.69) is 24.1 Å². The first-order chi connectivity index (χ1) is 14.0. The fourth-order valence-corrected chi connectivity index (χ4v) is 4.48. The molecule has 2 fully saturated rings. The van der Waals surface area contributed by atoms with E-state index in [1.54, 1.807) is 17.0 Å².